The fourth-order valence-corrected chi connectivity index (χ4v) is 2.00. The number of hydrogen-bond donors (Lipinski definition) is 1. The molecule has 0 spiro atoms. The van der Waals surface area contributed by atoms with Crippen molar-refractivity contribution in [1.29, 1.82) is 0 Å². The number of nitrogens with two attached hydrogens (primary N) is 1. The Balaban J connectivity index is 2.25. The summed E-state index contributed by atoms with van der Waals surface area (Å²) in [7, 11) is 1.57. The average molecular weight is 294 g/mol. The number of ether oxygens (including phenoxy) is 2. The van der Waals surface area contributed by atoms with Crippen LogP contribution in [0.5, 0.6) is 11.6 Å². The number of hydrogen-bond acceptors (Lipinski definition) is 5. The van der Waals surface area contributed by atoms with Gasteiger partial charge in [0, 0.05) is 18.2 Å². The van der Waals surface area contributed by atoms with Crippen molar-refractivity contribution in [3.8, 4) is 11.6 Å². The first-order chi connectivity index (χ1) is 9.62. The van der Waals surface area contributed by atoms with Crippen molar-refractivity contribution in [2.75, 3.05) is 12.8 Å². The summed E-state index contributed by atoms with van der Waals surface area (Å²) >= 11 is 6.07. The van der Waals surface area contributed by atoms with Gasteiger partial charge in [-0.25, -0.2) is 4.98 Å². The SMILES string of the molecule is CCc1cc(Oc2cc(N)nc(COC)n2)ccc1Cl. The molecule has 0 saturated carbocycles. The van der Waals surface area contributed by atoms with E-state index in [4.69, 9.17) is 26.8 Å². The van der Waals surface area contributed by atoms with Gasteiger partial charge >= 0.3 is 0 Å². The molecule has 1 aromatic carbocycles. The molecule has 0 radical (unpaired) electrons. The molecule has 106 valence electrons. The Morgan fingerprint density at radius 3 is 2.75 bits per heavy atom. The van der Waals surface area contributed by atoms with Gasteiger partial charge in [0.2, 0.25) is 5.88 Å². The molecular weight excluding hydrogens is 278 g/mol. The van der Waals surface area contributed by atoms with Crippen LogP contribution in [0.4, 0.5) is 5.82 Å². The molecule has 0 atom stereocenters. The monoisotopic (exact) mass is 293 g/mol. The van der Waals surface area contributed by atoms with E-state index >= 15 is 0 Å². The number of nitrogens with zero attached hydrogens (tertiary/aromatic N) is 2. The van der Waals surface area contributed by atoms with Crippen molar-refractivity contribution >= 4 is 17.4 Å². The Labute approximate surface area is 122 Å². The highest BCUT2D eigenvalue weighted by atomic mass is 35.5. The third kappa shape index (κ3) is 3.59. The predicted molar refractivity (Wildman–Crippen MR) is 78.1 cm³/mol. The van der Waals surface area contributed by atoms with Gasteiger partial charge in [-0.3, -0.25) is 0 Å². The lowest BCUT2D eigenvalue weighted by molar-refractivity contribution is 0.177. The molecule has 0 fully saturated rings. The van der Waals surface area contributed by atoms with Crippen LogP contribution in [0, 0.1) is 0 Å². The molecule has 5 nitrogen and oxygen atoms in total. The summed E-state index contributed by atoms with van der Waals surface area (Å²) in [6.45, 7) is 2.31. The highest BCUT2D eigenvalue weighted by molar-refractivity contribution is 6.31. The van der Waals surface area contributed by atoms with E-state index in [1.54, 1.807) is 25.3 Å². The maximum absolute atomic E-state index is 6.07. The van der Waals surface area contributed by atoms with Crippen LogP contribution in [0.3, 0.4) is 0 Å². The van der Waals surface area contributed by atoms with Gasteiger partial charge in [-0.05, 0) is 30.2 Å². The Morgan fingerprint density at radius 2 is 2.05 bits per heavy atom. The maximum atomic E-state index is 6.07. The van der Waals surface area contributed by atoms with E-state index < -0.39 is 0 Å². The molecule has 2 aromatic rings. The fraction of sp³-hybridized carbons (Fsp3) is 0.286. The zero-order valence-corrected chi connectivity index (χ0v) is 12.1. The largest absolute Gasteiger partial charge is 0.439 e. The Kier molecular flexibility index (Phi) is 4.76. The molecule has 0 saturated heterocycles. The predicted octanol–water partition coefficient (Wildman–Crippen LogP) is 3.21. The summed E-state index contributed by atoms with van der Waals surface area (Å²) in [6, 6.07) is 7.04. The van der Waals surface area contributed by atoms with Crippen molar-refractivity contribution in [3.63, 3.8) is 0 Å². The summed E-state index contributed by atoms with van der Waals surface area (Å²) in [5.41, 5.74) is 6.73. The Morgan fingerprint density at radius 1 is 1.25 bits per heavy atom. The van der Waals surface area contributed by atoms with Crippen molar-refractivity contribution in [3.05, 3.63) is 40.7 Å². The van der Waals surface area contributed by atoms with Crippen LogP contribution in [0.25, 0.3) is 0 Å². The minimum absolute atomic E-state index is 0.280. The number of rotatable bonds is 5. The molecule has 1 heterocycles. The van der Waals surface area contributed by atoms with Crippen molar-refractivity contribution in [2.24, 2.45) is 0 Å². The number of methoxy groups -OCH3 is 1. The normalized spacial score (nSPS) is 10.6. The van der Waals surface area contributed by atoms with E-state index in [9.17, 15) is 0 Å². The van der Waals surface area contributed by atoms with Crippen molar-refractivity contribution in [2.45, 2.75) is 20.0 Å². The second kappa shape index (κ2) is 6.54. The van der Waals surface area contributed by atoms with Gasteiger partial charge in [0.15, 0.2) is 5.82 Å². The van der Waals surface area contributed by atoms with E-state index in [0.29, 0.717) is 23.3 Å². The Hall–Kier alpha value is -1.85. The third-order valence-electron chi connectivity index (χ3n) is 2.66. The van der Waals surface area contributed by atoms with Gasteiger partial charge in [-0.15, -0.1) is 0 Å². The van der Waals surface area contributed by atoms with Gasteiger partial charge in [0.1, 0.15) is 18.2 Å². The molecule has 0 amide bonds. The second-order valence-electron chi connectivity index (χ2n) is 4.19. The molecular formula is C14H16ClN3O2. The smallest absolute Gasteiger partial charge is 0.224 e. The zero-order chi connectivity index (χ0) is 14.5. The van der Waals surface area contributed by atoms with Gasteiger partial charge < -0.3 is 15.2 Å². The molecule has 0 unspecified atom stereocenters. The van der Waals surface area contributed by atoms with Gasteiger partial charge in [0.25, 0.3) is 0 Å². The molecule has 2 N–H and O–H groups in total. The molecule has 6 heteroatoms. The minimum atomic E-state index is 0.280. The first kappa shape index (κ1) is 14.6. The van der Waals surface area contributed by atoms with Crippen LogP contribution in [0.15, 0.2) is 24.3 Å². The standard InChI is InChI=1S/C14H16ClN3O2/c1-3-9-6-10(4-5-11(9)15)20-14-7-12(16)17-13(18-14)8-19-2/h4-7H,3,8H2,1-2H3,(H2,16,17,18). The first-order valence-corrected chi connectivity index (χ1v) is 6.58. The number of nitrogen functional groups attached to an aromatic ring is 1. The number of anilines is 1. The van der Waals surface area contributed by atoms with E-state index in [1.165, 1.54) is 0 Å². The van der Waals surface area contributed by atoms with Crippen molar-refractivity contribution in [1.82, 2.24) is 9.97 Å². The van der Waals surface area contributed by atoms with E-state index in [-0.39, 0.29) is 6.61 Å². The summed E-state index contributed by atoms with van der Waals surface area (Å²) < 4.78 is 10.7. The Bertz CT molecular complexity index is 605. The van der Waals surface area contributed by atoms with Crippen LogP contribution in [0.1, 0.15) is 18.3 Å². The quantitative estimate of drug-likeness (QED) is 0.916. The zero-order valence-electron chi connectivity index (χ0n) is 11.4. The number of halogens is 1. The van der Waals surface area contributed by atoms with Gasteiger partial charge in [-0.2, -0.15) is 4.98 Å². The van der Waals surface area contributed by atoms with Crippen LogP contribution in [0.2, 0.25) is 5.02 Å². The van der Waals surface area contributed by atoms with Crippen LogP contribution in [-0.2, 0) is 17.8 Å². The number of benzene rings is 1. The highest BCUT2D eigenvalue weighted by Gasteiger charge is 2.07. The van der Waals surface area contributed by atoms with E-state index in [1.807, 2.05) is 13.0 Å². The maximum Gasteiger partial charge on any atom is 0.224 e. The summed E-state index contributed by atoms with van der Waals surface area (Å²) in [6.07, 6.45) is 0.830. The van der Waals surface area contributed by atoms with E-state index in [2.05, 4.69) is 9.97 Å². The molecule has 0 bridgehead atoms. The number of aryl methyl sites for hydroxylation is 1. The molecule has 0 aliphatic carbocycles. The first-order valence-electron chi connectivity index (χ1n) is 6.21. The van der Waals surface area contributed by atoms with Crippen molar-refractivity contribution < 1.29 is 9.47 Å². The molecule has 0 aliphatic rings. The summed E-state index contributed by atoms with van der Waals surface area (Å²) in [5.74, 6) is 1.86. The second-order valence-corrected chi connectivity index (χ2v) is 4.60. The molecule has 2 rings (SSSR count). The van der Waals surface area contributed by atoms with E-state index in [0.717, 1.165) is 17.0 Å². The molecule has 20 heavy (non-hydrogen) atoms. The molecule has 0 aliphatic heterocycles. The van der Waals surface area contributed by atoms with Crippen LogP contribution in [-0.4, -0.2) is 17.1 Å². The van der Waals surface area contributed by atoms with Crippen LogP contribution < -0.4 is 10.5 Å². The summed E-state index contributed by atoms with van der Waals surface area (Å²) in [5, 5.41) is 0.724. The number of aromatic nitrogens is 2. The molecule has 1 aromatic heterocycles. The lowest BCUT2D eigenvalue weighted by Gasteiger charge is -2.09. The average Bonchev–Trinajstić information content (AvgIpc) is 2.40. The minimum Gasteiger partial charge on any atom is -0.439 e. The topological polar surface area (TPSA) is 70.3 Å². The van der Waals surface area contributed by atoms with Gasteiger partial charge in [-0.1, -0.05) is 18.5 Å². The lowest BCUT2D eigenvalue weighted by atomic mass is 10.1. The third-order valence-corrected chi connectivity index (χ3v) is 3.03. The fourth-order valence-electron chi connectivity index (χ4n) is 1.74. The van der Waals surface area contributed by atoms with Crippen LogP contribution >= 0.6 is 11.6 Å². The highest BCUT2D eigenvalue weighted by Crippen LogP contribution is 2.26. The lowest BCUT2D eigenvalue weighted by Crippen LogP contribution is -2.02. The summed E-state index contributed by atoms with van der Waals surface area (Å²) in [4.78, 5) is 8.28. The van der Waals surface area contributed by atoms with Gasteiger partial charge in [0.05, 0.1) is 0 Å².